The van der Waals surface area contributed by atoms with Crippen LogP contribution < -0.4 is 16.1 Å². The summed E-state index contributed by atoms with van der Waals surface area (Å²) in [6, 6.07) is 17.7. The van der Waals surface area contributed by atoms with E-state index in [2.05, 4.69) is 36.1 Å². The smallest absolute Gasteiger partial charge is 0.269 e. The van der Waals surface area contributed by atoms with Crippen LogP contribution in [0.1, 0.15) is 16.7 Å². The number of nitro groups is 1. The van der Waals surface area contributed by atoms with E-state index in [1.807, 2.05) is 32.0 Å². The Morgan fingerprint density at radius 1 is 0.857 bits per heavy atom. The molecule has 0 aliphatic carbocycles. The van der Waals surface area contributed by atoms with Gasteiger partial charge in [-0.05, 0) is 66.9 Å². The predicted octanol–water partition coefficient (Wildman–Crippen LogP) is 5.47. The number of anilines is 5. The lowest BCUT2D eigenvalue weighted by atomic mass is 10.1. The van der Waals surface area contributed by atoms with Crippen LogP contribution in [0.2, 0.25) is 0 Å². The zero-order valence-electron chi connectivity index (χ0n) is 18.9. The molecule has 0 saturated carbocycles. The Kier molecular flexibility index (Phi) is 6.86. The van der Waals surface area contributed by atoms with Crippen LogP contribution in [0.3, 0.4) is 0 Å². The van der Waals surface area contributed by atoms with Crippen LogP contribution in [0.5, 0.6) is 0 Å². The normalized spacial score (nSPS) is 10.8. The monoisotopic (exact) mass is 472 g/mol. The Hall–Kier alpha value is -4.93. The van der Waals surface area contributed by atoms with Gasteiger partial charge in [0.15, 0.2) is 0 Å². The quantitative estimate of drug-likeness (QED) is 0.175. The number of benzene rings is 3. The average Bonchev–Trinajstić information content (AvgIpc) is 2.82. The number of nitrogens with one attached hydrogen (secondary N) is 3. The highest BCUT2D eigenvalue weighted by molar-refractivity contribution is 5.80. The number of aryl methyl sites for hydroxylation is 2. The Labute approximate surface area is 200 Å². The molecule has 3 aromatic carbocycles. The van der Waals surface area contributed by atoms with E-state index in [4.69, 9.17) is 0 Å². The first-order valence-electron chi connectivity index (χ1n) is 10.5. The standard InChI is InChI=1S/C24H21FN8O2/c1-15-6-7-20(12-16(15)2)28-23-29-22(27-19-8-10-21(11-9-19)33(34)35)30-24(31-23)32-26-14-17-4-3-5-18(25)13-17/h3-14H,1-2H3,(H3,27,28,29,30,31,32)/b26-14+. The van der Waals surface area contributed by atoms with Crippen LogP contribution in [0.15, 0.2) is 71.8 Å². The maximum Gasteiger partial charge on any atom is 0.269 e. The summed E-state index contributed by atoms with van der Waals surface area (Å²) < 4.78 is 13.4. The number of hydrazone groups is 1. The molecule has 1 heterocycles. The van der Waals surface area contributed by atoms with Crippen LogP contribution in [-0.2, 0) is 0 Å². The minimum absolute atomic E-state index is 0.0302. The fraction of sp³-hybridized carbons (Fsp3) is 0.0833. The molecular formula is C24H21FN8O2. The Morgan fingerprint density at radius 3 is 2.17 bits per heavy atom. The van der Waals surface area contributed by atoms with Crippen molar-refractivity contribution in [1.82, 2.24) is 15.0 Å². The summed E-state index contributed by atoms with van der Waals surface area (Å²) in [5, 5.41) is 21.1. The highest BCUT2D eigenvalue weighted by atomic mass is 19.1. The summed E-state index contributed by atoms with van der Waals surface area (Å²) in [6.07, 6.45) is 1.44. The van der Waals surface area contributed by atoms with Crippen molar-refractivity contribution in [3.8, 4) is 0 Å². The van der Waals surface area contributed by atoms with E-state index in [-0.39, 0.29) is 29.3 Å². The molecule has 4 aromatic rings. The molecule has 35 heavy (non-hydrogen) atoms. The molecule has 0 spiro atoms. The molecule has 0 fully saturated rings. The Balaban J connectivity index is 1.60. The van der Waals surface area contributed by atoms with E-state index >= 15 is 0 Å². The van der Waals surface area contributed by atoms with Gasteiger partial charge in [0, 0.05) is 23.5 Å². The molecule has 176 valence electrons. The number of nitrogens with zero attached hydrogens (tertiary/aromatic N) is 5. The lowest BCUT2D eigenvalue weighted by Crippen LogP contribution is -2.07. The summed E-state index contributed by atoms with van der Waals surface area (Å²) >= 11 is 0. The number of aromatic nitrogens is 3. The predicted molar refractivity (Wildman–Crippen MR) is 133 cm³/mol. The highest BCUT2D eigenvalue weighted by Gasteiger charge is 2.10. The molecule has 3 N–H and O–H groups in total. The van der Waals surface area contributed by atoms with E-state index in [1.165, 1.54) is 30.5 Å². The van der Waals surface area contributed by atoms with Gasteiger partial charge in [-0.2, -0.15) is 20.1 Å². The first-order chi connectivity index (χ1) is 16.9. The molecule has 0 atom stereocenters. The third-order valence-corrected chi connectivity index (χ3v) is 4.96. The molecular weight excluding hydrogens is 451 g/mol. The minimum atomic E-state index is -0.475. The van der Waals surface area contributed by atoms with Gasteiger partial charge in [0.25, 0.3) is 5.69 Å². The fourth-order valence-electron chi connectivity index (χ4n) is 3.03. The lowest BCUT2D eigenvalue weighted by molar-refractivity contribution is -0.384. The molecule has 11 heteroatoms. The molecule has 0 bridgehead atoms. The van der Waals surface area contributed by atoms with Gasteiger partial charge in [-0.25, -0.2) is 9.82 Å². The van der Waals surface area contributed by atoms with Crippen molar-refractivity contribution in [2.24, 2.45) is 5.10 Å². The molecule has 4 rings (SSSR count). The Morgan fingerprint density at radius 2 is 1.51 bits per heavy atom. The molecule has 1 aromatic heterocycles. The highest BCUT2D eigenvalue weighted by Crippen LogP contribution is 2.22. The van der Waals surface area contributed by atoms with Crippen LogP contribution >= 0.6 is 0 Å². The van der Waals surface area contributed by atoms with Gasteiger partial charge in [0.05, 0.1) is 11.1 Å². The zero-order valence-corrected chi connectivity index (χ0v) is 18.9. The summed E-state index contributed by atoms with van der Waals surface area (Å²) in [6.45, 7) is 4.02. The SMILES string of the molecule is Cc1ccc(Nc2nc(N/N=C/c3cccc(F)c3)nc(Nc3ccc([N+](=O)[O-])cc3)n2)cc1C. The number of nitro benzene ring substituents is 1. The van der Waals surface area contributed by atoms with Crippen molar-refractivity contribution < 1.29 is 9.31 Å². The van der Waals surface area contributed by atoms with E-state index < -0.39 is 4.92 Å². The van der Waals surface area contributed by atoms with E-state index in [0.29, 0.717) is 11.3 Å². The van der Waals surface area contributed by atoms with E-state index in [9.17, 15) is 14.5 Å². The molecule has 0 aliphatic rings. The number of non-ortho nitro benzene ring substituents is 1. The zero-order chi connectivity index (χ0) is 24.8. The van der Waals surface area contributed by atoms with Crippen LogP contribution in [-0.4, -0.2) is 26.1 Å². The third-order valence-electron chi connectivity index (χ3n) is 4.96. The first kappa shape index (κ1) is 23.2. The molecule has 0 aliphatic heterocycles. The summed E-state index contributed by atoms with van der Waals surface area (Å²) in [5.74, 6) is 0.187. The van der Waals surface area contributed by atoms with Crippen LogP contribution in [0, 0.1) is 29.8 Å². The second-order valence-corrected chi connectivity index (χ2v) is 7.58. The number of halogens is 1. The van der Waals surface area contributed by atoms with Gasteiger partial charge in [-0.15, -0.1) is 0 Å². The van der Waals surface area contributed by atoms with E-state index in [0.717, 1.165) is 16.8 Å². The van der Waals surface area contributed by atoms with Crippen LogP contribution in [0.4, 0.5) is 39.3 Å². The molecule has 0 unspecified atom stereocenters. The van der Waals surface area contributed by atoms with Gasteiger partial charge in [0.1, 0.15) is 5.82 Å². The average molecular weight is 472 g/mol. The minimum Gasteiger partial charge on any atom is -0.324 e. The third kappa shape index (κ3) is 6.32. The van der Waals surface area contributed by atoms with Crippen molar-refractivity contribution in [1.29, 1.82) is 0 Å². The molecule has 0 radical (unpaired) electrons. The lowest BCUT2D eigenvalue weighted by Gasteiger charge is -2.11. The fourth-order valence-corrected chi connectivity index (χ4v) is 3.03. The number of hydrogen-bond acceptors (Lipinski definition) is 9. The van der Waals surface area contributed by atoms with Crippen molar-refractivity contribution in [3.05, 3.63) is 99.4 Å². The van der Waals surface area contributed by atoms with Gasteiger partial charge < -0.3 is 10.6 Å². The molecule has 10 nitrogen and oxygen atoms in total. The second-order valence-electron chi connectivity index (χ2n) is 7.58. The van der Waals surface area contributed by atoms with Gasteiger partial charge in [-0.1, -0.05) is 18.2 Å². The topological polar surface area (TPSA) is 130 Å². The van der Waals surface area contributed by atoms with Crippen LogP contribution in [0.25, 0.3) is 0 Å². The number of rotatable bonds is 8. The van der Waals surface area contributed by atoms with Crippen molar-refractivity contribution in [3.63, 3.8) is 0 Å². The first-order valence-corrected chi connectivity index (χ1v) is 10.5. The van der Waals surface area contributed by atoms with Crippen molar-refractivity contribution in [2.45, 2.75) is 13.8 Å². The molecule has 0 amide bonds. The summed E-state index contributed by atoms with van der Waals surface area (Å²) in [7, 11) is 0. The number of hydrogen-bond donors (Lipinski definition) is 3. The van der Waals surface area contributed by atoms with E-state index in [1.54, 1.807) is 24.3 Å². The molecule has 0 saturated heterocycles. The Bertz CT molecular complexity index is 1390. The van der Waals surface area contributed by atoms with Gasteiger partial charge in [0.2, 0.25) is 17.8 Å². The van der Waals surface area contributed by atoms with Gasteiger partial charge in [-0.3, -0.25) is 10.1 Å². The maximum atomic E-state index is 13.4. The summed E-state index contributed by atoms with van der Waals surface area (Å²) in [5.41, 5.74) is 6.85. The summed E-state index contributed by atoms with van der Waals surface area (Å²) in [4.78, 5) is 23.5. The van der Waals surface area contributed by atoms with Crippen molar-refractivity contribution >= 4 is 41.1 Å². The second kappa shape index (κ2) is 10.3. The maximum absolute atomic E-state index is 13.4. The largest absolute Gasteiger partial charge is 0.324 e. The van der Waals surface area contributed by atoms with Gasteiger partial charge >= 0.3 is 0 Å². The van der Waals surface area contributed by atoms with Crippen molar-refractivity contribution in [2.75, 3.05) is 16.1 Å².